The van der Waals surface area contributed by atoms with Gasteiger partial charge in [0.1, 0.15) is 22.0 Å². The van der Waals surface area contributed by atoms with Gasteiger partial charge in [-0.1, -0.05) is 24.3 Å². The third kappa shape index (κ3) is 5.73. The summed E-state index contributed by atoms with van der Waals surface area (Å²) in [6.45, 7) is 0. The highest BCUT2D eigenvalue weighted by Gasteiger charge is 2.35. The number of ether oxygens (including phenoxy) is 1. The maximum absolute atomic E-state index is 13.2. The molecule has 3 aromatic carbocycles. The van der Waals surface area contributed by atoms with Gasteiger partial charge in [0.2, 0.25) is 0 Å². The lowest BCUT2D eigenvalue weighted by molar-refractivity contribution is -0.122. The predicted molar refractivity (Wildman–Crippen MR) is 135 cm³/mol. The van der Waals surface area contributed by atoms with Crippen LogP contribution in [0.25, 0.3) is 6.08 Å². The predicted octanol–water partition coefficient (Wildman–Crippen LogP) is 2.80. The number of carbonyl (C=O) groups excluding carboxylic acids is 2. The van der Waals surface area contributed by atoms with Crippen LogP contribution in [0.3, 0.4) is 0 Å². The second kappa shape index (κ2) is 9.84. The van der Waals surface area contributed by atoms with Gasteiger partial charge in [0.05, 0.1) is 10.6 Å². The van der Waals surface area contributed by atoms with Crippen LogP contribution in [-0.4, -0.2) is 42.9 Å². The quantitative estimate of drug-likeness (QED) is 0.176. The minimum absolute atomic E-state index is 0.236. The topological polar surface area (TPSA) is 167 Å². The molecular formula is C23H16N2O9S3. The number of para-hydroxylation sites is 1. The fourth-order valence-corrected chi connectivity index (χ4v) is 4.92. The van der Waals surface area contributed by atoms with Gasteiger partial charge in [0.15, 0.2) is 5.11 Å². The van der Waals surface area contributed by atoms with Gasteiger partial charge in [-0.05, 0) is 72.4 Å². The molecule has 0 unspecified atom stereocenters. The molecule has 0 saturated carbocycles. The summed E-state index contributed by atoms with van der Waals surface area (Å²) in [4.78, 5) is 25.0. The van der Waals surface area contributed by atoms with Gasteiger partial charge in [-0.25, -0.2) is 0 Å². The molecule has 3 N–H and O–H groups in total. The highest BCUT2D eigenvalue weighted by atomic mass is 32.2. The number of thiocarbonyl (C=S) groups is 1. The summed E-state index contributed by atoms with van der Waals surface area (Å²) < 4.78 is 71.0. The van der Waals surface area contributed by atoms with E-state index >= 15 is 0 Å². The lowest BCUT2D eigenvalue weighted by Crippen LogP contribution is -2.54. The number of amides is 2. The van der Waals surface area contributed by atoms with Crippen molar-refractivity contribution in [2.75, 3.05) is 4.90 Å². The molecule has 0 aliphatic carbocycles. The number of nitrogens with zero attached hydrogens (tertiary/aromatic N) is 1. The van der Waals surface area contributed by atoms with E-state index in [2.05, 4.69) is 5.32 Å². The minimum Gasteiger partial charge on any atom is -0.457 e. The van der Waals surface area contributed by atoms with Crippen LogP contribution < -0.4 is 15.0 Å². The second-order valence-corrected chi connectivity index (χ2v) is 10.7. The Balaban J connectivity index is 1.70. The molecule has 0 radical (unpaired) electrons. The molecule has 0 aromatic heterocycles. The van der Waals surface area contributed by atoms with Crippen LogP contribution in [0.2, 0.25) is 0 Å². The smallest absolute Gasteiger partial charge is 0.295 e. The Bertz CT molecular complexity index is 1670. The van der Waals surface area contributed by atoms with Crippen molar-refractivity contribution in [2.45, 2.75) is 9.79 Å². The van der Waals surface area contributed by atoms with Gasteiger partial charge in [-0.15, -0.1) is 0 Å². The number of nitrogens with one attached hydrogen (secondary N) is 1. The van der Waals surface area contributed by atoms with Gasteiger partial charge in [-0.3, -0.25) is 28.9 Å². The van der Waals surface area contributed by atoms with Crippen molar-refractivity contribution in [1.29, 1.82) is 0 Å². The maximum Gasteiger partial charge on any atom is 0.295 e. The molecule has 3 aromatic rings. The Labute approximate surface area is 216 Å². The summed E-state index contributed by atoms with van der Waals surface area (Å²) in [5.74, 6) is -0.810. The number of rotatable bonds is 6. The molecule has 0 bridgehead atoms. The second-order valence-electron chi connectivity index (χ2n) is 7.52. The summed E-state index contributed by atoms with van der Waals surface area (Å²) in [5.41, 5.74) is -0.673. The van der Waals surface area contributed by atoms with Crippen LogP contribution in [0.1, 0.15) is 5.56 Å². The van der Waals surface area contributed by atoms with Crippen molar-refractivity contribution >= 4 is 61.1 Å². The Morgan fingerprint density at radius 3 is 2.05 bits per heavy atom. The standard InChI is InChI=1S/C23H16N2O9S3/c26-21-19(12-14-6-11-18(36(28,29)30)13-20(14)37(31,32)33)22(27)25(23(35)24-21)15-7-9-17(10-8-15)34-16-4-2-1-3-5-16/h1-13H,(H,24,26,35)(H,28,29,30)(H,31,32,33). The summed E-state index contributed by atoms with van der Waals surface area (Å²) in [6, 6.07) is 17.4. The lowest BCUT2D eigenvalue weighted by atomic mass is 10.1. The van der Waals surface area contributed by atoms with E-state index in [0.29, 0.717) is 17.6 Å². The summed E-state index contributed by atoms with van der Waals surface area (Å²) in [5, 5.41) is 2.09. The van der Waals surface area contributed by atoms with E-state index in [1.165, 1.54) is 12.1 Å². The molecule has 1 saturated heterocycles. The van der Waals surface area contributed by atoms with Gasteiger partial charge < -0.3 is 4.74 Å². The fraction of sp³-hybridized carbons (Fsp3) is 0. The molecule has 14 heteroatoms. The van der Waals surface area contributed by atoms with Crippen molar-refractivity contribution < 1.29 is 40.3 Å². The number of benzene rings is 3. The summed E-state index contributed by atoms with van der Waals surface area (Å²) in [6.07, 6.45) is 0.857. The van der Waals surface area contributed by atoms with Gasteiger partial charge in [0.25, 0.3) is 32.1 Å². The van der Waals surface area contributed by atoms with Gasteiger partial charge in [-0.2, -0.15) is 16.8 Å². The van der Waals surface area contributed by atoms with Crippen LogP contribution in [-0.2, 0) is 29.8 Å². The number of anilines is 1. The third-order valence-electron chi connectivity index (χ3n) is 5.04. The molecule has 2 amide bonds. The molecule has 1 heterocycles. The average Bonchev–Trinajstić information content (AvgIpc) is 2.82. The first-order valence-corrected chi connectivity index (χ1v) is 13.5. The van der Waals surface area contributed by atoms with Crippen molar-refractivity contribution in [3.63, 3.8) is 0 Å². The monoisotopic (exact) mass is 560 g/mol. The summed E-state index contributed by atoms with van der Waals surface area (Å²) >= 11 is 5.15. The lowest BCUT2D eigenvalue weighted by Gasteiger charge is -2.29. The Hall–Kier alpha value is -3.95. The first-order chi connectivity index (χ1) is 17.3. The van der Waals surface area contributed by atoms with E-state index < -0.39 is 47.4 Å². The first-order valence-electron chi connectivity index (χ1n) is 10.2. The number of carbonyl (C=O) groups is 2. The molecule has 4 rings (SSSR count). The zero-order valence-electron chi connectivity index (χ0n) is 18.4. The van der Waals surface area contributed by atoms with E-state index in [9.17, 15) is 35.5 Å². The van der Waals surface area contributed by atoms with Crippen LogP contribution in [0.15, 0.2) is 88.2 Å². The number of hydrogen-bond acceptors (Lipinski definition) is 8. The van der Waals surface area contributed by atoms with Crippen LogP contribution >= 0.6 is 12.2 Å². The fourth-order valence-electron chi connectivity index (χ4n) is 3.35. The highest BCUT2D eigenvalue weighted by molar-refractivity contribution is 7.86. The Morgan fingerprint density at radius 1 is 0.838 bits per heavy atom. The third-order valence-corrected chi connectivity index (χ3v) is 7.08. The Morgan fingerprint density at radius 2 is 1.46 bits per heavy atom. The van der Waals surface area contributed by atoms with Crippen molar-refractivity contribution in [1.82, 2.24) is 5.32 Å². The van der Waals surface area contributed by atoms with Gasteiger partial charge in [0, 0.05) is 0 Å². The Kier molecular flexibility index (Phi) is 6.94. The highest BCUT2D eigenvalue weighted by Crippen LogP contribution is 2.28. The largest absolute Gasteiger partial charge is 0.457 e. The molecule has 0 spiro atoms. The molecule has 1 aliphatic heterocycles. The average molecular weight is 561 g/mol. The van der Waals surface area contributed by atoms with Crippen molar-refractivity contribution in [3.05, 3.63) is 83.9 Å². The first kappa shape index (κ1) is 26.1. The zero-order valence-corrected chi connectivity index (χ0v) is 20.9. The van der Waals surface area contributed by atoms with Gasteiger partial charge >= 0.3 is 0 Å². The molecule has 1 fully saturated rings. The van der Waals surface area contributed by atoms with Crippen LogP contribution in [0.5, 0.6) is 11.5 Å². The SMILES string of the molecule is O=C1NC(=S)N(c2ccc(Oc3ccccc3)cc2)C(=O)C1=Cc1ccc(S(=O)(=O)O)cc1S(=O)(=O)O. The zero-order chi connectivity index (χ0) is 27.0. The van der Waals surface area contributed by atoms with E-state index in [0.717, 1.165) is 23.1 Å². The molecule has 37 heavy (non-hydrogen) atoms. The molecular weight excluding hydrogens is 544 g/mol. The van der Waals surface area contributed by atoms with Crippen LogP contribution in [0.4, 0.5) is 5.69 Å². The van der Waals surface area contributed by atoms with E-state index in [1.54, 1.807) is 36.4 Å². The van der Waals surface area contributed by atoms with Crippen molar-refractivity contribution in [3.8, 4) is 11.5 Å². The normalized spacial score (nSPS) is 15.6. The molecule has 11 nitrogen and oxygen atoms in total. The van der Waals surface area contributed by atoms with Crippen molar-refractivity contribution in [2.24, 2.45) is 0 Å². The maximum atomic E-state index is 13.2. The van der Waals surface area contributed by atoms with E-state index in [4.69, 9.17) is 17.0 Å². The van der Waals surface area contributed by atoms with Crippen LogP contribution in [0, 0.1) is 0 Å². The molecule has 1 aliphatic rings. The van der Waals surface area contributed by atoms with E-state index in [-0.39, 0.29) is 16.4 Å². The molecule has 0 atom stereocenters. The molecule has 190 valence electrons. The number of hydrogen-bond donors (Lipinski definition) is 3. The van der Waals surface area contributed by atoms with E-state index in [1.807, 2.05) is 6.07 Å². The minimum atomic E-state index is -5.03. The summed E-state index contributed by atoms with van der Waals surface area (Å²) in [7, 11) is -9.84.